The van der Waals surface area contributed by atoms with Gasteiger partial charge in [-0.1, -0.05) is 18.2 Å². The van der Waals surface area contributed by atoms with E-state index in [1.807, 2.05) is 29.6 Å². The number of nitrogens with one attached hydrogen (secondary N) is 2. The molecule has 30 heavy (non-hydrogen) atoms. The molecule has 1 heterocycles. The highest BCUT2D eigenvalue weighted by atomic mass is 32.1. The summed E-state index contributed by atoms with van der Waals surface area (Å²) in [6.07, 6.45) is 1.58. The van der Waals surface area contributed by atoms with Gasteiger partial charge >= 0.3 is 0 Å². The smallest absolute Gasteiger partial charge is 0.259 e. The van der Waals surface area contributed by atoms with E-state index in [0.717, 1.165) is 15.6 Å². The minimum atomic E-state index is -0.461. The second-order valence-electron chi connectivity index (χ2n) is 6.08. The molecule has 0 saturated carbocycles. The first-order valence-corrected chi connectivity index (χ1v) is 9.81. The quantitative estimate of drug-likeness (QED) is 0.426. The van der Waals surface area contributed by atoms with Crippen molar-refractivity contribution in [2.24, 2.45) is 5.10 Å². The topological polar surface area (TPSA) is 98.2 Å². The van der Waals surface area contributed by atoms with E-state index in [-0.39, 0.29) is 12.1 Å². The van der Waals surface area contributed by atoms with Gasteiger partial charge in [0.25, 0.3) is 11.8 Å². The molecule has 2 amide bonds. The number of amides is 2. The lowest BCUT2D eigenvalue weighted by Crippen LogP contribution is -2.34. The van der Waals surface area contributed by atoms with Crippen LogP contribution in [0.3, 0.4) is 0 Å². The van der Waals surface area contributed by atoms with Crippen molar-refractivity contribution in [3.63, 3.8) is 0 Å². The summed E-state index contributed by atoms with van der Waals surface area (Å²) < 4.78 is 16.8. The second kappa shape index (κ2) is 9.75. The number of benzene rings is 2. The van der Waals surface area contributed by atoms with Crippen molar-refractivity contribution in [1.82, 2.24) is 10.7 Å². The van der Waals surface area contributed by atoms with Crippen LogP contribution in [0, 0.1) is 0 Å². The zero-order valence-corrected chi connectivity index (χ0v) is 17.5. The van der Waals surface area contributed by atoms with Crippen LogP contribution in [0.5, 0.6) is 17.2 Å². The Morgan fingerprint density at radius 2 is 1.77 bits per heavy atom. The van der Waals surface area contributed by atoms with Gasteiger partial charge in [0.2, 0.25) is 5.75 Å². The molecule has 1 aromatic heterocycles. The Bertz CT molecular complexity index is 1070. The number of nitrogens with zero attached hydrogens (tertiary/aromatic N) is 1. The molecule has 9 heteroatoms. The summed E-state index contributed by atoms with van der Waals surface area (Å²) in [5, 5.41) is 9.53. The SMILES string of the molecule is COc1cc(C(=O)NCC(=O)N/N=C/c2csc3ccccc23)cc(OC)c1OC. The number of methoxy groups -OCH3 is 3. The van der Waals surface area contributed by atoms with Gasteiger partial charge in [-0.15, -0.1) is 11.3 Å². The lowest BCUT2D eigenvalue weighted by Gasteiger charge is -2.14. The lowest BCUT2D eigenvalue weighted by molar-refractivity contribution is -0.120. The largest absolute Gasteiger partial charge is 0.493 e. The molecule has 2 N–H and O–H groups in total. The third-order valence-electron chi connectivity index (χ3n) is 4.24. The minimum absolute atomic E-state index is 0.239. The van der Waals surface area contributed by atoms with Crippen molar-refractivity contribution >= 4 is 39.5 Å². The summed E-state index contributed by atoms with van der Waals surface area (Å²) in [6, 6.07) is 11.0. The van der Waals surface area contributed by atoms with Gasteiger partial charge in [-0.3, -0.25) is 9.59 Å². The Morgan fingerprint density at radius 1 is 1.07 bits per heavy atom. The minimum Gasteiger partial charge on any atom is -0.493 e. The van der Waals surface area contributed by atoms with Crippen molar-refractivity contribution in [2.45, 2.75) is 0 Å². The molecule has 0 fully saturated rings. The maximum absolute atomic E-state index is 12.4. The fourth-order valence-electron chi connectivity index (χ4n) is 2.79. The highest BCUT2D eigenvalue weighted by Gasteiger charge is 2.17. The average Bonchev–Trinajstić information content (AvgIpc) is 3.19. The lowest BCUT2D eigenvalue weighted by atomic mass is 10.1. The molecule has 0 aliphatic carbocycles. The number of ether oxygens (including phenoxy) is 3. The third-order valence-corrected chi connectivity index (χ3v) is 5.22. The highest BCUT2D eigenvalue weighted by molar-refractivity contribution is 7.17. The van der Waals surface area contributed by atoms with E-state index in [4.69, 9.17) is 14.2 Å². The van der Waals surface area contributed by atoms with Crippen LogP contribution in [-0.4, -0.2) is 45.9 Å². The molecule has 2 aromatic carbocycles. The maximum atomic E-state index is 12.4. The van der Waals surface area contributed by atoms with Crippen LogP contribution in [0.4, 0.5) is 0 Å². The van der Waals surface area contributed by atoms with E-state index < -0.39 is 11.8 Å². The molecule has 156 valence electrons. The molecule has 0 bridgehead atoms. The molecule has 3 rings (SSSR count). The normalized spacial score (nSPS) is 10.8. The van der Waals surface area contributed by atoms with Crippen molar-refractivity contribution < 1.29 is 23.8 Å². The van der Waals surface area contributed by atoms with Crippen LogP contribution in [0.2, 0.25) is 0 Å². The monoisotopic (exact) mass is 427 g/mol. The number of hydrazone groups is 1. The van der Waals surface area contributed by atoms with Gasteiger partial charge in [-0.25, -0.2) is 5.43 Å². The van der Waals surface area contributed by atoms with E-state index in [2.05, 4.69) is 15.8 Å². The zero-order chi connectivity index (χ0) is 21.5. The Morgan fingerprint density at radius 3 is 2.43 bits per heavy atom. The van der Waals surface area contributed by atoms with Crippen LogP contribution < -0.4 is 25.0 Å². The summed E-state index contributed by atoms with van der Waals surface area (Å²) in [5.41, 5.74) is 3.59. The van der Waals surface area contributed by atoms with Gasteiger partial charge in [0.15, 0.2) is 11.5 Å². The molecule has 0 aliphatic heterocycles. The van der Waals surface area contributed by atoms with Gasteiger partial charge < -0.3 is 19.5 Å². The fourth-order valence-corrected chi connectivity index (χ4v) is 3.70. The summed E-state index contributed by atoms with van der Waals surface area (Å²) in [7, 11) is 4.39. The van der Waals surface area contributed by atoms with E-state index in [9.17, 15) is 9.59 Å². The van der Waals surface area contributed by atoms with Crippen molar-refractivity contribution in [1.29, 1.82) is 0 Å². The molecule has 0 radical (unpaired) electrons. The van der Waals surface area contributed by atoms with Gasteiger partial charge in [0.05, 0.1) is 34.1 Å². The van der Waals surface area contributed by atoms with Crippen molar-refractivity contribution in [3.05, 3.63) is 52.9 Å². The number of hydrogen-bond donors (Lipinski definition) is 2. The zero-order valence-electron chi connectivity index (χ0n) is 16.7. The summed E-state index contributed by atoms with van der Waals surface area (Å²) >= 11 is 1.60. The average molecular weight is 427 g/mol. The van der Waals surface area contributed by atoms with Crippen LogP contribution >= 0.6 is 11.3 Å². The number of fused-ring (bicyclic) bond motifs is 1. The second-order valence-corrected chi connectivity index (χ2v) is 6.99. The maximum Gasteiger partial charge on any atom is 0.259 e. The van der Waals surface area contributed by atoms with E-state index >= 15 is 0 Å². The Hall–Kier alpha value is -3.59. The van der Waals surface area contributed by atoms with E-state index in [1.165, 1.54) is 33.5 Å². The van der Waals surface area contributed by atoms with Crippen LogP contribution in [0.25, 0.3) is 10.1 Å². The molecule has 0 saturated heterocycles. The predicted octanol–water partition coefficient (Wildman–Crippen LogP) is 2.81. The predicted molar refractivity (Wildman–Crippen MR) is 116 cm³/mol. The molecule has 0 aliphatic rings. The number of thiophene rings is 1. The Balaban J connectivity index is 1.58. The first-order chi connectivity index (χ1) is 14.6. The molecule has 0 unspecified atom stereocenters. The van der Waals surface area contributed by atoms with E-state index in [1.54, 1.807) is 17.6 Å². The van der Waals surface area contributed by atoms with Gasteiger partial charge in [0, 0.05) is 26.6 Å². The summed E-state index contributed by atoms with van der Waals surface area (Å²) in [4.78, 5) is 24.4. The molecule has 0 spiro atoms. The highest BCUT2D eigenvalue weighted by Crippen LogP contribution is 2.38. The molecule has 0 atom stereocenters. The number of rotatable bonds is 8. The summed E-state index contributed by atoms with van der Waals surface area (Å²) in [6.45, 7) is -0.239. The van der Waals surface area contributed by atoms with Crippen molar-refractivity contribution in [3.8, 4) is 17.2 Å². The van der Waals surface area contributed by atoms with Crippen molar-refractivity contribution in [2.75, 3.05) is 27.9 Å². The first kappa shape index (κ1) is 21.1. The standard InChI is InChI=1S/C21H21N3O5S/c1-27-16-8-13(9-17(28-2)20(16)29-3)21(26)22-11-19(25)24-23-10-14-12-30-18-7-5-4-6-15(14)18/h4-10,12H,11H2,1-3H3,(H,22,26)(H,24,25)/b23-10+. The molecular weight excluding hydrogens is 406 g/mol. The fraction of sp³-hybridized carbons (Fsp3) is 0.190. The third kappa shape index (κ3) is 4.69. The summed E-state index contributed by atoms with van der Waals surface area (Å²) in [5.74, 6) is 0.159. The van der Waals surface area contributed by atoms with Crippen LogP contribution in [0.15, 0.2) is 46.9 Å². The number of carbonyl (C=O) groups is 2. The number of hydrogen-bond acceptors (Lipinski definition) is 7. The molecule has 3 aromatic rings. The Kier molecular flexibility index (Phi) is 6.87. The molecular formula is C21H21N3O5S. The van der Waals surface area contributed by atoms with Gasteiger partial charge in [-0.05, 0) is 18.2 Å². The first-order valence-electron chi connectivity index (χ1n) is 8.93. The Labute approximate surface area is 177 Å². The van der Waals surface area contributed by atoms with Gasteiger partial charge in [0.1, 0.15) is 0 Å². The van der Waals surface area contributed by atoms with E-state index in [0.29, 0.717) is 17.2 Å². The van der Waals surface area contributed by atoms with Crippen LogP contribution in [-0.2, 0) is 4.79 Å². The van der Waals surface area contributed by atoms with Crippen LogP contribution in [0.1, 0.15) is 15.9 Å². The molecule has 8 nitrogen and oxygen atoms in total. The number of carbonyl (C=O) groups excluding carboxylic acids is 2. The van der Waals surface area contributed by atoms with Gasteiger partial charge in [-0.2, -0.15) is 5.10 Å².